The highest BCUT2D eigenvalue weighted by molar-refractivity contribution is 6.65. The molecule has 6 rings (SSSR count). The summed E-state index contributed by atoms with van der Waals surface area (Å²) in [6.45, 7) is 5.90. The summed E-state index contributed by atoms with van der Waals surface area (Å²) in [5, 5.41) is 19.2. The van der Waals surface area contributed by atoms with Gasteiger partial charge in [0.1, 0.15) is 17.7 Å². The molecule has 2 fully saturated rings. The van der Waals surface area contributed by atoms with Gasteiger partial charge in [-0.25, -0.2) is 14.4 Å². The first-order valence-corrected chi connectivity index (χ1v) is 21.4. The number of amides is 2. The Labute approximate surface area is 382 Å². The number of alkyl halides is 1. The number of ether oxygens (including phenoxy) is 3. The SMILES string of the molecule is C.CCl.COC(=O)[C@@H]1C[C@H](O)CCN1C(=O)C(c1ccccc1)c1ccccc1.COC(=O)[C@@H]1C[C@H](O)CCN1C(=O)OC(C)(C)C.O=C(Cl)C(c1ccccc1)c1ccccc1. The highest BCUT2D eigenvalue weighted by Crippen LogP contribution is 2.31. The fourth-order valence-electron chi connectivity index (χ4n) is 7.10. The fourth-order valence-corrected chi connectivity index (χ4v) is 7.35. The summed E-state index contributed by atoms with van der Waals surface area (Å²) < 4.78 is 14.7. The fraction of sp³-hybridized carbons (Fsp3) is 0.408. The third-order valence-corrected chi connectivity index (χ3v) is 10.2. The van der Waals surface area contributed by atoms with E-state index in [-0.39, 0.29) is 43.9 Å². The maximum atomic E-state index is 13.5. The smallest absolute Gasteiger partial charge is 0.411 e. The van der Waals surface area contributed by atoms with Crippen LogP contribution >= 0.6 is 23.2 Å². The number of likely N-dealkylation sites (tertiary alicyclic amines) is 2. The summed E-state index contributed by atoms with van der Waals surface area (Å²) in [6.07, 6.45) is 1.01. The highest BCUT2D eigenvalue weighted by atomic mass is 35.5. The van der Waals surface area contributed by atoms with Crippen molar-refractivity contribution < 1.29 is 48.4 Å². The number of esters is 2. The van der Waals surface area contributed by atoms with Crippen molar-refractivity contribution in [3.8, 4) is 0 Å². The van der Waals surface area contributed by atoms with E-state index in [2.05, 4.69) is 16.3 Å². The lowest BCUT2D eigenvalue weighted by molar-refractivity contribution is -0.157. The molecule has 0 spiro atoms. The molecule has 2 heterocycles. The maximum Gasteiger partial charge on any atom is 0.411 e. The molecule has 0 saturated carbocycles. The Balaban J connectivity index is 0.000000327. The number of aliphatic hydroxyl groups excluding tert-OH is 2. The monoisotopic (exact) mass is 908 g/mol. The number of hydrogen-bond donors (Lipinski definition) is 2. The number of methoxy groups -OCH3 is 2. The molecule has 14 heteroatoms. The van der Waals surface area contributed by atoms with Gasteiger partial charge in [0.25, 0.3) is 0 Å². The minimum atomic E-state index is -0.770. The number of aliphatic hydroxyl groups is 2. The van der Waals surface area contributed by atoms with E-state index in [9.17, 15) is 34.2 Å². The van der Waals surface area contributed by atoms with Crippen molar-refractivity contribution in [2.24, 2.45) is 0 Å². The molecule has 2 N–H and O–H groups in total. The van der Waals surface area contributed by atoms with Crippen molar-refractivity contribution >= 4 is 52.4 Å². The maximum absolute atomic E-state index is 13.5. The quantitative estimate of drug-likeness (QED) is 0.0762. The Morgan fingerprint density at radius 3 is 1.22 bits per heavy atom. The molecule has 63 heavy (non-hydrogen) atoms. The van der Waals surface area contributed by atoms with Crippen LogP contribution in [0.3, 0.4) is 0 Å². The number of hydrogen-bond acceptors (Lipinski definition) is 10. The zero-order chi connectivity index (χ0) is 45.8. The first kappa shape index (κ1) is 53.9. The zero-order valence-electron chi connectivity index (χ0n) is 36.1. The summed E-state index contributed by atoms with van der Waals surface area (Å²) in [7, 11) is 2.56. The molecule has 4 aromatic carbocycles. The molecule has 2 amide bonds. The van der Waals surface area contributed by atoms with Gasteiger partial charge in [-0.05, 0) is 67.5 Å². The van der Waals surface area contributed by atoms with Crippen LogP contribution in [0.1, 0.15) is 88.0 Å². The van der Waals surface area contributed by atoms with Crippen molar-refractivity contribution in [2.45, 2.75) is 95.6 Å². The highest BCUT2D eigenvalue weighted by Gasteiger charge is 2.40. The van der Waals surface area contributed by atoms with Crippen LogP contribution in [-0.2, 0) is 33.4 Å². The van der Waals surface area contributed by atoms with Crippen molar-refractivity contribution in [2.75, 3.05) is 33.7 Å². The molecule has 0 aliphatic carbocycles. The van der Waals surface area contributed by atoms with E-state index in [0.717, 1.165) is 22.3 Å². The molecule has 4 aromatic rings. The van der Waals surface area contributed by atoms with Crippen molar-refractivity contribution in [1.82, 2.24) is 9.80 Å². The van der Waals surface area contributed by atoms with Gasteiger partial charge >= 0.3 is 18.0 Å². The predicted octanol–water partition coefficient (Wildman–Crippen LogP) is 8.34. The van der Waals surface area contributed by atoms with Crippen LogP contribution in [0.25, 0.3) is 0 Å². The van der Waals surface area contributed by atoms with E-state index in [1.54, 1.807) is 25.7 Å². The molecule has 0 aromatic heterocycles. The van der Waals surface area contributed by atoms with Crippen LogP contribution in [-0.4, -0.2) is 113 Å². The van der Waals surface area contributed by atoms with Gasteiger partial charge in [0.05, 0.1) is 38.3 Å². The number of carbonyl (C=O) groups is 5. The normalized spacial score (nSPS) is 18.0. The molecule has 0 radical (unpaired) electrons. The Bertz CT molecular complexity index is 1910. The molecular weight excluding hydrogens is 847 g/mol. The Hall–Kier alpha value is -5.27. The van der Waals surface area contributed by atoms with Crippen LogP contribution in [0.15, 0.2) is 121 Å². The van der Waals surface area contributed by atoms with Crippen molar-refractivity contribution in [3.05, 3.63) is 144 Å². The molecule has 2 aliphatic heterocycles. The number of benzene rings is 4. The molecule has 342 valence electrons. The molecular formula is C49H62Cl2N2O10. The van der Waals surface area contributed by atoms with Gasteiger partial charge in [-0.15, -0.1) is 11.6 Å². The average molecular weight is 910 g/mol. The number of rotatable bonds is 8. The Kier molecular flexibility index (Phi) is 23.1. The van der Waals surface area contributed by atoms with Crippen molar-refractivity contribution in [1.29, 1.82) is 0 Å². The minimum absolute atomic E-state index is 0. The van der Waals surface area contributed by atoms with Crippen molar-refractivity contribution in [3.63, 3.8) is 0 Å². The molecule has 0 unspecified atom stereocenters. The summed E-state index contributed by atoms with van der Waals surface area (Å²) in [4.78, 5) is 63.6. The average Bonchev–Trinajstić information content (AvgIpc) is 3.27. The van der Waals surface area contributed by atoms with E-state index in [1.807, 2.05) is 121 Å². The number of halogens is 2. The van der Waals surface area contributed by atoms with Crippen LogP contribution in [0.5, 0.6) is 0 Å². The first-order valence-electron chi connectivity index (χ1n) is 20.2. The van der Waals surface area contributed by atoms with Crippen LogP contribution in [0, 0.1) is 0 Å². The predicted molar refractivity (Wildman–Crippen MR) is 246 cm³/mol. The largest absolute Gasteiger partial charge is 0.467 e. The second kappa shape index (κ2) is 27.0. The third-order valence-electron chi connectivity index (χ3n) is 10.0. The lowest BCUT2D eigenvalue weighted by atomic mass is 9.88. The van der Waals surface area contributed by atoms with Crippen LogP contribution in [0.2, 0.25) is 0 Å². The molecule has 2 saturated heterocycles. The standard InChI is InChI=1S/C21H23NO4.C14H11ClO.C12H21NO5.CH3Cl.CH4/c1-26-21(25)18-14-17(23)12-13-22(18)20(24)19(15-8-4-2-5-9-15)16-10-6-3-7-11-16;15-14(16)13(11-7-3-1-4-8-11)12-9-5-2-6-10-12;1-12(2,3)18-11(16)13-6-5-8(14)7-9(13)10(15)17-4;1-2;/h2-11,17-19,23H,12-14H2,1H3;1-10,13H;8-9,14H,5-7H2,1-4H3;1H3;1H4/t17-,18+;;8-,9+;;/m1.1../s1. The van der Waals surface area contributed by atoms with Gasteiger partial charge in [-0.1, -0.05) is 129 Å². The first-order chi connectivity index (χ1) is 29.6. The summed E-state index contributed by atoms with van der Waals surface area (Å²) >= 11 is 10.3. The number of carbonyl (C=O) groups excluding carboxylic acids is 5. The minimum Gasteiger partial charge on any atom is -0.467 e. The number of nitrogens with zero attached hydrogens (tertiary/aromatic N) is 2. The number of piperidine rings is 2. The van der Waals surface area contributed by atoms with Gasteiger partial charge in [-0.3, -0.25) is 14.5 Å². The van der Waals surface area contributed by atoms with E-state index < -0.39 is 53.8 Å². The van der Waals surface area contributed by atoms with Gasteiger partial charge in [0, 0.05) is 32.3 Å². The van der Waals surface area contributed by atoms with E-state index in [0.29, 0.717) is 19.4 Å². The molecule has 2 aliphatic rings. The second-order valence-electron chi connectivity index (χ2n) is 15.5. The van der Waals surface area contributed by atoms with Gasteiger partial charge in [0.15, 0.2) is 0 Å². The third kappa shape index (κ3) is 16.4. The molecule has 4 atom stereocenters. The Morgan fingerprint density at radius 1 is 0.587 bits per heavy atom. The van der Waals surface area contributed by atoms with Gasteiger partial charge < -0.3 is 29.3 Å². The summed E-state index contributed by atoms with van der Waals surface area (Å²) in [5.41, 5.74) is 2.98. The molecule has 0 bridgehead atoms. The Morgan fingerprint density at radius 2 is 0.905 bits per heavy atom. The van der Waals surface area contributed by atoms with Crippen LogP contribution in [0.4, 0.5) is 4.79 Å². The zero-order valence-corrected chi connectivity index (χ0v) is 37.6. The lowest BCUT2D eigenvalue weighted by Crippen LogP contribution is -2.53. The summed E-state index contributed by atoms with van der Waals surface area (Å²) in [6, 6.07) is 36.7. The van der Waals surface area contributed by atoms with E-state index in [1.165, 1.54) is 25.5 Å². The molecule has 12 nitrogen and oxygen atoms in total. The second-order valence-corrected chi connectivity index (χ2v) is 15.8. The van der Waals surface area contributed by atoms with E-state index >= 15 is 0 Å². The van der Waals surface area contributed by atoms with Crippen LogP contribution < -0.4 is 0 Å². The topological polar surface area (TPSA) is 160 Å². The lowest BCUT2D eigenvalue weighted by Gasteiger charge is -2.38. The van der Waals surface area contributed by atoms with Gasteiger partial charge in [0.2, 0.25) is 11.1 Å². The van der Waals surface area contributed by atoms with Gasteiger partial charge in [-0.2, -0.15) is 0 Å². The summed E-state index contributed by atoms with van der Waals surface area (Å²) in [5.74, 6) is -2.04. The van der Waals surface area contributed by atoms with E-state index in [4.69, 9.17) is 21.1 Å².